The highest BCUT2D eigenvalue weighted by Crippen LogP contribution is 2.21. The van der Waals surface area contributed by atoms with E-state index in [1.807, 2.05) is 40.9 Å². The first kappa shape index (κ1) is 18.5. The first-order valence-corrected chi connectivity index (χ1v) is 10.2. The molecule has 0 aliphatic carbocycles. The maximum Gasteiger partial charge on any atom is 0.271 e. The molecule has 0 bridgehead atoms. The van der Waals surface area contributed by atoms with Gasteiger partial charge in [-0.15, -0.1) is 0 Å². The van der Waals surface area contributed by atoms with Gasteiger partial charge in [-0.05, 0) is 17.5 Å². The van der Waals surface area contributed by atoms with E-state index >= 15 is 0 Å². The number of benzene rings is 2. The highest BCUT2D eigenvalue weighted by Gasteiger charge is 2.17. The number of aromatic nitrogens is 3. The number of nitrogens with zero attached hydrogens (tertiary/aromatic N) is 4. The fourth-order valence-electron chi connectivity index (χ4n) is 3.99. The van der Waals surface area contributed by atoms with Crippen LogP contribution in [0.15, 0.2) is 73.2 Å². The molecule has 30 heavy (non-hydrogen) atoms. The summed E-state index contributed by atoms with van der Waals surface area (Å²) in [4.78, 5) is 24.1. The zero-order valence-corrected chi connectivity index (χ0v) is 16.7. The third kappa shape index (κ3) is 3.69. The van der Waals surface area contributed by atoms with Crippen LogP contribution in [0.4, 0.5) is 0 Å². The first-order chi connectivity index (χ1) is 14.8. The largest absolute Gasteiger partial charge is 0.349 e. The Hall–Kier alpha value is -3.51. The summed E-state index contributed by atoms with van der Waals surface area (Å²) in [6.45, 7) is 3.38. The predicted octanol–water partition coefficient (Wildman–Crippen LogP) is 3.18. The zero-order chi connectivity index (χ0) is 20.3. The summed E-state index contributed by atoms with van der Waals surface area (Å²) >= 11 is 0. The van der Waals surface area contributed by atoms with Crippen LogP contribution in [0.5, 0.6) is 0 Å². The molecule has 1 aliphatic rings. The Morgan fingerprint density at radius 2 is 1.83 bits per heavy atom. The molecule has 3 heterocycles. The van der Waals surface area contributed by atoms with Crippen molar-refractivity contribution in [2.75, 3.05) is 19.6 Å². The van der Waals surface area contributed by atoms with Crippen molar-refractivity contribution in [3.63, 3.8) is 0 Å². The second-order valence-corrected chi connectivity index (χ2v) is 7.55. The minimum Gasteiger partial charge on any atom is -0.349 e. The quantitative estimate of drug-likeness (QED) is 0.562. The standard InChI is InChI=1S/C24H23N5O/c30-24(26-11-14-28-13-10-18-6-4-5-9-20(18)16-28)21-17-29-15-12-25-22(23(29)27-21)19-7-2-1-3-8-19/h1-9,12,15,17H,10-11,13-14,16H2,(H,26,30). The summed E-state index contributed by atoms with van der Waals surface area (Å²) in [6, 6.07) is 18.5. The Bertz CT molecular complexity index is 1180. The van der Waals surface area contributed by atoms with Crippen LogP contribution in [-0.2, 0) is 13.0 Å². The number of nitrogens with one attached hydrogen (secondary N) is 1. The van der Waals surface area contributed by atoms with Crippen molar-refractivity contribution < 1.29 is 4.79 Å². The molecule has 150 valence electrons. The highest BCUT2D eigenvalue weighted by atomic mass is 16.1. The smallest absolute Gasteiger partial charge is 0.271 e. The van der Waals surface area contributed by atoms with E-state index in [-0.39, 0.29) is 5.91 Å². The van der Waals surface area contributed by atoms with Gasteiger partial charge in [-0.1, -0.05) is 54.6 Å². The summed E-state index contributed by atoms with van der Waals surface area (Å²) in [5, 5.41) is 3.01. The van der Waals surface area contributed by atoms with Crippen molar-refractivity contribution in [2.45, 2.75) is 13.0 Å². The van der Waals surface area contributed by atoms with Crippen molar-refractivity contribution >= 4 is 11.6 Å². The Morgan fingerprint density at radius 1 is 1.03 bits per heavy atom. The van der Waals surface area contributed by atoms with Gasteiger partial charge in [-0.2, -0.15) is 0 Å². The van der Waals surface area contributed by atoms with Crippen LogP contribution in [0.2, 0.25) is 0 Å². The van der Waals surface area contributed by atoms with Gasteiger partial charge in [0.25, 0.3) is 5.91 Å². The summed E-state index contributed by atoms with van der Waals surface area (Å²) in [6.07, 6.45) is 6.37. The van der Waals surface area contributed by atoms with Gasteiger partial charge in [-0.25, -0.2) is 4.98 Å². The van der Waals surface area contributed by atoms with E-state index < -0.39 is 0 Å². The van der Waals surface area contributed by atoms with Crippen LogP contribution in [0.3, 0.4) is 0 Å². The Kier molecular flexibility index (Phi) is 4.99. The van der Waals surface area contributed by atoms with E-state index in [4.69, 9.17) is 0 Å². The average Bonchev–Trinajstić information content (AvgIpc) is 3.24. The molecule has 0 atom stereocenters. The van der Waals surface area contributed by atoms with E-state index in [9.17, 15) is 4.79 Å². The van der Waals surface area contributed by atoms with Crippen molar-refractivity contribution in [1.29, 1.82) is 0 Å². The van der Waals surface area contributed by atoms with Crippen LogP contribution >= 0.6 is 0 Å². The molecule has 4 aromatic rings. The van der Waals surface area contributed by atoms with Gasteiger partial charge in [0.1, 0.15) is 11.4 Å². The highest BCUT2D eigenvalue weighted by molar-refractivity contribution is 5.93. The summed E-state index contributed by atoms with van der Waals surface area (Å²) in [5.74, 6) is -0.157. The SMILES string of the molecule is O=C(NCCN1CCc2ccccc2C1)c1cn2ccnc(-c3ccccc3)c2n1. The van der Waals surface area contributed by atoms with Gasteiger partial charge in [-0.3, -0.25) is 14.7 Å². The molecule has 2 aromatic heterocycles. The Morgan fingerprint density at radius 3 is 2.70 bits per heavy atom. The summed E-state index contributed by atoms with van der Waals surface area (Å²) in [7, 11) is 0. The van der Waals surface area contributed by atoms with E-state index in [1.54, 1.807) is 12.4 Å². The second kappa shape index (κ2) is 8.08. The minimum absolute atomic E-state index is 0.157. The molecule has 1 aliphatic heterocycles. The number of hydrogen-bond donors (Lipinski definition) is 1. The van der Waals surface area contributed by atoms with Gasteiger partial charge >= 0.3 is 0 Å². The van der Waals surface area contributed by atoms with Gasteiger partial charge in [0, 0.05) is 50.3 Å². The molecule has 5 rings (SSSR count). The van der Waals surface area contributed by atoms with Crippen LogP contribution in [-0.4, -0.2) is 44.8 Å². The van der Waals surface area contributed by atoms with Gasteiger partial charge in [0.15, 0.2) is 5.65 Å². The topological polar surface area (TPSA) is 62.5 Å². The molecule has 0 fully saturated rings. The average molecular weight is 397 g/mol. The number of fused-ring (bicyclic) bond motifs is 2. The van der Waals surface area contributed by atoms with Crippen LogP contribution in [0.25, 0.3) is 16.9 Å². The molecule has 1 N–H and O–H groups in total. The molecular weight excluding hydrogens is 374 g/mol. The molecule has 0 unspecified atom stereocenters. The normalized spacial score (nSPS) is 13.9. The van der Waals surface area contributed by atoms with E-state index in [0.717, 1.165) is 37.3 Å². The summed E-state index contributed by atoms with van der Waals surface area (Å²) < 4.78 is 1.85. The zero-order valence-electron chi connectivity index (χ0n) is 16.7. The van der Waals surface area contributed by atoms with Gasteiger partial charge in [0.05, 0.1) is 0 Å². The first-order valence-electron chi connectivity index (χ1n) is 10.2. The maximum absolute atomic E-state index is 12.7. The number of hydrogen-bond acceptors (Lipinski definition) is 4. The summed E-state index contributed by atoms with van der Waals surface area (Å²) in [5.41, 5.74) is 5.66. The van der Waals surface area contributed by atoms with Gasteiger partial charge < -0.3 is 9.72 Å². The molecule has 0 saturated carbocycles. The number of amides is 1. The maximum atomic E-state index is 12.7. The lowest BCUT2D eigenvalue weighted by molar-refractivity contribution is 0.0943. The fourth-order valence-corrected chi connectivity index (χ4v) is 3.99. The predicted molar refractivity (Wildman–Crippen MR) is 116 cm³/mol. The van der Waals surface area contributed by atoms with E-state index in [1.165, 1.54) is 11.1 Å². The molecule has 0 radical (unpaired) electrons. The molecule has 6 heteroatoms. The number of rotatable bonds is 5. The lowest BCUT2D eigenvalue weighted by Crippen LogP contribution is -2.37. The molecule has 1 amide bonds. The number of imidazole rings is 1. The lowest BCUT2D eigenvalue weighted by Gasteiger charge is -2.28. The van der Waals surface area contributed by atoms with Gasteiger partial charge in [0.2, 0.25) is 0 Å². The van der Waals surface area contributed by atoms with Crippen molar-refractivity contribution in [1.82, 2.24) is 24.6 Å². The number of carbonyl (C=O) groups excluding carboxylic acids is 1. The van der Waals surface area contributed by atoms with Crippen molar-refractivity contribution in [3.8, 4) is 11.3 Å². The monoisotopic (exact) mass is 397 g/mol. The minimum atomic E-state index is -0.157. The number of carbonyl (C=O) groups is 1. The molecule has 2 aromatic carbocycles. The lowest BCUT2D eigenvalue weighted by atomic mass is 10.00. The van der Waals surface area contributed by atoms with E-state index in [2.05, 4.69) is 44.5 Å². The fraction of sp³-hybridized carbons (Fsp3) is 0.208. The Labute approximate surface area is 175 Å². The molecular formula is C24H23N5O. The third-order valence-corrected chi connectivity index (χ3v) is 5.58. The van der Waals surface area contributed by atoms with Crippen molar-refractivity contribution in [3.05, 3.63) is 90.0 Å². The second-order valence-electron chi connectivity index (χ2n) is 7.55. The van der Waals surface area contributed by atoms with Crippen LogP contribution in [0.1, 0.15) is 21.6 Å². The third-order valence-electron chi connectivity index (χ3n) is 5.58. The van der Waals surface area contributed by atoms with Crippen molar-refractivity contribution in [2.24, 2.45) is 0 Å². The molecule has 0 saturated heterocycles. The van der Waals surface area contributed by atoms with Crippen LogP contribution < -0.4 is 5.32 Å². The Balaban J connectivity index is 1.25. The molecule has 6 nitrogen and oxygen atoms in total. The molecule has 0 spiro atoms. The van der Waals surface area contributed by atoms with E-state index in [0.29, 0.717) is 17.9 Å². The van der Waals surface area contributed by atoms with Crippen LogP contribution in [0, 0.1) is 0 Å².